The van der Waals surface area contributed by atoms with Crippen molar-refractivity contribution >= 4 is 40.3 Å². The van der Waals surface area contributed by atoms with Gasteiger partial charge >= 0.3 is 5.69 Å². The SMILES string of the molecule is Cn1c(=O)n(C2CCC(=O)NC2=O)c2ccc(CN3CCN([C@@H]4CCN(CC5CCC(n6cc(NC(=O)c7coc(-c8ccnc(NCC9CC9)c8)n7)c(C(F)F)n6)CC5)C4)CC3)cc21. The lowest BCUT2D eigenvalue weighted by Gasteiger charge is -2.38. The molecule has 3 saturated heterocycles. The lowest BCUT2D eigenvalue weighted by Crippen LogP contribution is -2.50. The van der Waals surface area contributed by atoms with Crippen LogP contribution in [0, 0.1) is 11.8 Å². The third-order valence-corrected chi connectivity index (χ3v) is 14.2. The summed E-state index contributed by atoms with van der Waals surface area (Å²) in [6.07, 6.45) is 9.24. The zero-order chi connectivity index (χ0) is 44.8. The van der Waals surface area contributed by atoms with Crippen LogP contribution < -0.4 is 21.6 Å². The van der Waals surface area contributed by atoms with Crippen molar-refractivity contribution < 1.29 is 27.6 Å². The van der Waals surface area contributed by atoms with Crippen LogP contribution in [0.4, 0.5) is 20.3 Å². The van der Waals surface area contributed by atoms with Gasteiger partial charge in [-0.25, -0.2) is 23.5 Å². The standard InChI is InChI=1S/C46H56F2N12O5/c1-55-38-20-30(6-9-36(38)60(46(55)64)37-10-11-40(61)53-44(37)63)24-56-16-18-58(19-17-56)33-13-15-57(25-33)23-29-4-7-32(8-5-29)59-26-34(41(54-59)42(47)48)51-43(62)35-27-65-45(52-35)31-12-14-49-39(21-31)50-22-28-2-3-28/h6,9,12,14,20-21,26-29,32-33,37,42H,2-5,7-8,10-11,13,15-19,22-25H2,1H3,(H,49,50)(H,51,62)(H,53,61,63)/t29?,32?,33-,37?/m1/s1. The molecule has 3 aliphatic heterocycles. The molecule has 2 aliphatic carbocycles. The molecule has 65 heavy (non-hydrogen) atoms. The van der Waals surface area contributed by atoms with E-state index in [2.05, 4.69) is 45.7 Å². The molecule has 0 bridgehead atoms. The van der Waals surface area contributed by atoms with Crippen molar-refractivity contribution in [1.29, 1.82) is 0 Å². The van der Waals surface area contributed by atoms with E-state index in [4.69, 9.17) is 4.42 Å². The van der Waals surface area contributed by atoms with E-state index < -0.39 is 30.0 Å². The predicted octanol–water partition coefficient (Wildman–Crippen LogP) is 5.20. The highest BCUT2D eigenvalue weighted by Crippen LogP contribution is 2.36. The highest BCUT2D eigenvalue weighted by molar-refractivity contribution is 6.03. The number of nitrogens with zero attached hydrogens (tertiary/aromatic N) is 9. The highest BCUT2D eigenvalue weighted by Gasteiger charge is 2.34. The topological polar surface area (TPSA) is 181 Å². The summed E-state index contributed by atoms with van der Waals surface area (Å²) in [7, 11) is 1.73. The van der Waals surface area contributed by atoms with E-state index >= 15 is 0 Å². The molecule has 1 aromatic carbocycles. The number of alkyl halides is 2. The number of carbonyl (C=O) groups is 3. The van der Waals surface area contributed by atoms with E-state index in [1.807, 2.05) is 24.3 Å². The molecule has 2 atom stereocenters. The van der Waals surface area contributed by atoms with Gasteiger partial charge in [-0.1, -0.05) is 6.07 Å². The number of amides is 3. The Labute approximate surface area is 374 Å². The number of imidazole rings is 1. The Balaban J connectivity index is 0.678. The number of fused-ring (bicyclic) bond motifs is 1. The average Bonchev–Trinajstić information content (AvgIpc) is 3.59. The first-order chi connectivity index (χ1) is 31.5. The Hall–Kier alpha value is -5.79. The van der Waals surface area contributed by atoms with Gasteiger partial charge in [0, 0.05) is 89.8 Å². The van der Waals surface area contributed by atoms with Crippen LogP contribution in [0.25, 0.3) is 22.5 Å². The summed E-state index contributed by atoms with van der Waals surface area (Å²) in [5.74, 6) is 0.739. The number of oxazole rings is 1. The molecule has 344 valence electrons. The Morgan fingerprint density at radius 2 is 1.71 bits per heavy atom. The molecule has 5 aliphatic rings. The van der Waals surface area contributed by atoms with Crippen molar-refractivity contribution in [3.8, 4) is 11.5 Å². The molecule has 5 fully saturated rings. The molecule has 10 rings (SSSR count). The number of carbonyl (C=O) groups excluding carboxylic acids is 3. The van der Waals surface area contributed by atoms with E-state index in [0.717, 1.165) is 102 Å². The molecule has 3 amide bonds. The van der Waals surface area contributed by atoms with Crippen molar-refractivity contribution in [2.75, 3.05) is 63.0 Å². The largest absolute Gasteiger partial charge is 0.444 e. The van der Waals surface area contributed by atoms with Gasteiger partial charge in [0.05, 0.1) is 22.8 Å². The second-order valence-electron chi connectivity index (χ2n) is 18.6. The smallest absolute Gasteiger partial charge is 0.329 e. The molecule has 1 unspecified atom stereocenters. The Kier molecular flexibility index (Phi) is 12.1. The number of halogens is 2. The van der Waals surface area contributed by atoms with Gasteiger partial charge in [-0.2, -0.15) is 5.10 Å². The summed E-state index contributed by atoms with van der Waals surface area (Å²) in [6, 6.07) is 9.34. The maximum absolute atomic E-state index is 14.2. The normalized spacial score (nSPS) is 23.7. The third-order valence-electron chi connectivity index (χ3n) is 14.2. The van der Waals surface area contributed by atoms with Gasteiger partial charge in [-0.05, 0) is 99.6 Å². The second kappa shape index (κ2) is 18.2. The van der Waals surface area contributed by atoms with Gasteiger partial charge in [-0.3, -0.25) is 43.3 Å². The fraction of sp³-hybridized carbons (Fsp3) is 0.543. The van der Waals surface area contributed by atoms with Gasteiger partial charge in [0.25, 0.3) is 12.3 Å². The number of nitrogens with one attached hydrogen (secondary N) is 3. The minimum atomic E-state index is -2.86. The first kappa shape index (κ1) is 43.1. The number of rotatable bonds is 14. The van der Waals surface area contributed by atoms with Gasteiger partial charge in [0.1, 0.15) is 18.1 Å². The number of pyridine rings is 1. The molecule has 0 radical (unpaired) electrons. The number of piperidine rings is 1. The molecule has 4 aromatic heterocycles. The molecule has 2 saturated carbocycles. The molecule has 17 nitrogen and oxygen atoms in total. The van der Waals surface area contributed by atoms with Gasteiger partial charge < -0.3 is 20.0 Å². The Morgan fingerprint density at radius 3 is 2.48 bits per heavy atom. The maximum Gasteiger partial charge on any atom is 0.329 e. The molecule has 19 heteroatoms. The molecule has 3 N–H and O–H groups in total. The first-order valence-corrected chi connectivity index (χ1v) is 23.1. The average molecular weight is 895 g/mol. The van der Waals surface area contributed by atoms with Crippen LogP contribution in [-0.4, -0.2) is 120 Å². The van der Waals surface area contributed by atoms with Crippen LogP contribution in [0.1, 0.15) is 98.0 Å². The number of benzene rings is 1. The van der Waals surface area contributed by atoms with Crippen molar-refractivity contribution in [2.24, 2.45) is 18.9 Å². The van der Waals surface area contributed by atoms with Gasteiger partial charge in [0.15, 0.2) is 11.4 Å². The van der Waals surface area contributed by atoms with Crippen molar-refractivity contribution in [2.45, 2.75) is 88.9 Å². The second-order valence-corrected chi connectivity index (χ2v) is 18.6. The Morgan fingerprint density at radius 1 is 0.908 bits per heavy atom. The number of likely N-dealkylation sites (tertiary alicyclic amines) is 1. The van der Waals surface area contributed by atoms with Crippen LogP contribution in [-0.2, 0) is 23.2 Å². The summed E-state index contributed by atoms with van der Waals surface area (Å²) in [5, 5.41) is 12.6. The van der Waals surface area contributed by atoms with Gasteiger partial charge in [-0.15, -0.1) is 0 Å². The van der Waals surface area contributed by atoms with Crippen LogP contribution in [0.15, 0.2) is 58.2 Å². The van der Waals surface area contributed by atoms with Crippen LogP contribution in [0.5, 0.6) is 0 Å². The lowest BCUT2D eigenvalue weighted by molar-refractivity contribution is -0.135. The van der Waals surface area contributed by atoms with Crippen molar-refractivity contribution in [1.82, 2.24) is 48.9 Å². The maximum atomic E-state index is 14.2. The fourth-order valence-electron chi connectivity index (χ4n) is 10.3. The highest BCUT2D eigenvalue weighted by atomic mass is 19.3. The van der Waals surface area contributed by atoms with E-state index in [0.29, 0.717) is 41.2 Å². The molecular weight excluding hydrogens is 839 g/mol. The Bertz CT molecular complexity index is 2620. The molecular formula is C46H56F2N12O5. The summed E-state index contributed by atoms with van der Waals surface area (Å²) >= 11 is 0. The zero-order valence-electron chi connectivity index (χ0n) is 36.6. The van der Waals surface area contributed by atoms with E-state index in [-0.39, 0.29) is 41.3 Å². The summed E-state index contributed by atoms with van der Waals surface area (Å²) in [5.41, 5.74) is 2.48. The fourth-order valence-corrected chi connectivity index (χ4v) is 10.3. The van der Waals surface area contributed by atoms with E-state index in [1.165, 1.54) is 29.9 Å². The number of aromatic nitrogens is 6. The van der Waals surface area contributed by atoms with E-state index in [9.17, 15) is 28.0 Å². The number of aryl methyl sites for hydroxylation is 1. The third kappa shape index (κ3) is 9.36. The first-order valence-electron chi connectivity index (χ1n) is 23.1. The molecule has 7 heterocycles. The summed E-state index contributed by atoms with van der Waals surface area (Å²) in [6.45, 7) is 8.65. The number of hydrogen-bond donors (Lipinski definition) is 3. The van der Waals surface area contributed by atoms with Crippen LogP contribution >= 0.6 is 0 Å². The number of imide groups is 1. The monoisotopic (exact) mass is 894 g/mol. The number of piperazine rings is 1. The minimum absolute atomic E-state index is 0.0207. The molecule has 0 spiro atoms. The minimum Gasteiger partial charge on any atom is -0.444 e. The van der Waals surface area contributed by atoms with Crippen molar-refractivity contribution in [3.05, 3.63) is 76.4 Å². The summed E-state index contributed by atoms with van der Waals surface area (Å²) < 4.78 is 38.8. The number of anilines is 2. The summed E-state index contributed by atoms with van der Waals surface area (Å²) in [4.78, 5) is 67.1. The lowest BCUT2D eigenvalue weighted by atomic mass is 9.86. The predicted molar refractivity (Wildman–Crippen MR) is 237 cm³/mol. The molecule has 5 aromatic rings. The van der Waals surface area contributed by atoms with Crippen LogP contribution in [0.2, 0.25) is 0 Å². The van der Waals surface area contributed by atoms with Gasteiger partial charge in [0.2, 0.25) is 17.7 Å². The van der Waals surface area contributed by atoms with Crippen molar-refractivity contribution in [3.63, 3.8) is 0 Å². The van der Waals surface area contributed by atoms with E-state index in [1.54, 1.807) is 28.6 Å². The zero-order valence-corrected chi connectivity index (χ0v) is 36.6. The quantitative estimate of drug-likeness (QED) is 0.124. The number of hydrogen-bond acceptors (Lipinski definition) is 12. The van der Waals surface area contributed by atoms with Crippen LogP contribution in [0.3, 0.4) is 0 Å².